The summed E-state index contributed by atoms with van der Waals surface area (Å²) in [6, 6.07) is 0. The molecule has 0 atom stereocenters. The van der Waals surface area contributed by atoms with E-state index in [-0.39, 0.29) is 37.2 Å². The van der Waals surface area contributed by atoms with Crippen LogP contribution in [-0.2, 0) is 0 Å². The third-order valence-corrected chi connectivity index (χ3v) is 0. The molecule has 0 rings (SSSR count). The van der Waals surface area contributed by atoms with Gasteiger partial charge in [0.25, 0.3) is 0 Å². The van der Waals surface area contributed by atoms with Crippen molar-refractivity contribution < 1.29 is 0 Å². The third kappa shape index (κ3) is 43.9. The Hall–Kier alpha value is 1.69. The van der Waals surface area contributed by atoms with E-state index in [1.165, 1.54) is 0 Å². The average molecular weight is 261 g/mol. The van der Waals surface area contributed by atoms with Gasteiger partial charge < -0.3 is 0 Å². The van der Waals surface area contributed by atoms with Gasteiger partial charge in [-0.3, -0.25) is 0 Å². The predicted molar refractivity (Wildman–Crippen MR) is 39.2 cm³/mol. The molecule has 0 aromatic rings. The molecule has 0 bridgehead atoms. The van der Waals surface area contributed by atoms with Crippen LogP contribution < -0.4 is 0 Å². The molecular weight excluding hydrogens is 252 g/mol. The quantitative estimate of drug-likeness (QED) is 0.585. The second-order valence-corrected chi connectivity index (χ2v) is 3.00. The summed E-state index contributed by atoms with van der Waals surface area (Å²) in [5.74, 6) is 0. The van der Waals surface area contributed by atoms with E-state index in [0.717, 1.165) is 0 Å². The molecule has 4 heteroatoms. The zero-order valence-electron chi connectivity index (χ0n) is 3.67. The zero-order valence-corrected chi connectivity index (χ0v) is 8.67. The molecule has 0 fully saturated rings. The number of rotatable bonds is 0. The van der Waals surface area contributed by atoms with Crippen LogP contribution in [0.4, 0.5) is 0 Å². The van der Waals surface area contributed by atoms with E-state index in [1.54, 1.807) is 0 Å². The van der Waals surface area contributed by atoms with Crippen molar-refractivity contribution in [3.05, 3.63) is 0 Å². The summed E-state index contributed by atoms with van der Waals surface area (Å²) in [5, 5.41) is 0. The van der Waals surface area contributed by atoms with Crippen LogP contribution in [0.25, 0.3) is 0 Å². The van der Waals surface area contributed by atoms with Crippen molar-refractivity contribution in [3.63, 3.8) is 0 Å². The molecule has 0 aliphatic carbocycles. The Kier molecular flexibility index (Phi) is 126. The van der Waals surface area contributed by atoms with E-state index in [0.29, 0.717) is 21.6 Å². The van der Waals surface area contributed by atoms with Gasteiger partial charge >= 0.3 is 31.4 Å². The van der Waals surface area contributed by atoms with Crippen molar-refractivity contribution in [3.8, 4) is 0 Å². The van der Waals surface area contributed by atoms with Crippen LogP contribution in [0.5, 0.6) is 0 Å². The molecule has 0 heterocycles. The SMILES string of the molecule is Cl.Cl.Cl.[CH3][Sb][CH3]. The van der Waals surface area contributed by atoms with Crippen LogP contribution in [0.1, 0.15) is 0 Å². The summed E-state index contributed by atoms with van der Waals surface area (Å²) in [7, 11) is 0. The van der Waals surface area contributed by atoms with E-state index >= 15 is 0 Å². The van der Waals surface area contributed by atoms with Gasteiger partial charge in [-0.25, -0.2) is 0 Å². The Labute approximate surface area is 68.2 Å². The summed E-state index contributed by atoms with van der Waals surface area (Å²) in [6.07, 6.45) is 0. The van der Waals surface area contributed by atoms with Crippen LogP contribution >= 0.6 is 37.2 Å². The van der Waals surface area contributed by atoms with Crippen LogP contribution in [0, 0.1) is 0 Å². The van der Waals surface area contributed by atoms with Gasteiger partial charge in [0, 0.05) is 0 Å². The molecule has 6 heavy (non-hydrogen) atoms. The zero-order chi connectivity index (χ0) is 2.71. The first-order chi connectivity index (χ1) is 1.41. The molecule has 0 aromatic heterocycles. The Balaban J connectivity index is -0.00000000667. The molecule has 0 unspecified atom stereocenters. The number of hydrogen-bond acceptors (Lipinski definition) is 0. The van der Waals surface area contributed by atoms with Gasteiger partial charge in [-0.05, 0) is 0 Å². The first-order valence-corrected chi connectivity index (χ1v) is 6.00. The van der Waals surface area contributed by atoms with Crippen LogP contribution in [0.3, 0.4) is 0 Å². The van der Waals surface area contributed by atoms with Gasteiger partial charge in [-0.1, -0.05) is 0 Å². The minimum atomic E-state index is 0. The fraction of sp³-hybridized carbons (Fsp3) is 1.00. The molecular formula is C2H9Cl3Sb. The number of halogens is 3. The van der Waals surface area contributed by atoms with Gasteiger partial charge in [0.05, 0.1) is 0 Å². The normalized spacial score (nSPS) is 3.00. The molecule has 0 spiro atoms. The van der Waals surface area contributed by atoms with Gasteiger partial charge in [-0.15, -0.1) is 37.2 Å². The molecule has 0 aliphatic heterocycles. The summed E-state index contributed by atoms with van der Waals surface area (Å²) < 4.78 is 0. The minimum absolute atomic E-state index is 0. The fourth-order valence-corrected chi connectivity index (χ4v) is 0. The summed E-state index contributed by atoms with van der Waals surface area (Å²) >= 11 is 0.350. The second-order valence-electron chi connectivity index (χ2n) is 0.447. The monoisotopic (exact) mass is 259 g/mol. The van der Waals surface area contributed by atoms with Crippen molar-refractivity contribution in [2.75, 3.05) is 0 Å². The Morgan fingerprint density at radius 2 is 0.833 bits per heavy atom. The van der Waals surface area contributed by atoms with Gasteiger partial charge in [0.1, 0.15) is 0 Å². The van der Waals surface area contributed by atoms with Crippen molar-refractivity contribution in [1.82, 2.24) is 0 Å². The maximum atomic E-state index is 2.28. The fourth-order valence-electron chi connectivity index (χ4n) is 0. The van der Waals surface area contributed by atoms with Crippen molar-refractivity contribution in [1.29, 1.82) is 0 Å². The first-order valence-electron chi connectivity index (χ1n) is 0.894. The molecule has 1 radical (unpaired) electrons. The predicted octanol–water partition coefficient (Wildman–Crippen LogP) is 2.05. The van der Waals surface area contributed by atoms with Crippen molar-refractivity contribution >= 4 is 58.8 Å². The topological polar surface area (TPSA) is 0 Å². The molecule has 0 aromatic carbocycles. The van der Waals surface area contributed by atoms with E-state index in [4.69, 9.17) is 0 Å². The van der Waals surface area contributed by atoms with Crippen LogP contribution in [0.15, 0.2) is 0 Å². The summed E-state index contributed by atoms with van der Waals surface area (Å²) in [6.45, 7) is 0. The Bertz CT molecular complexity index is 8.75. The molecule has 0 N–H and O–H groups in total. The first kappa shape index (κ1) is 25.3. The summed E-state index contributed by atoms with van der Waals surface area (Å²) in [4.78, 5) is 4.55. The number of hydrogen-bond donors (Lipinski definition) is 0. The third-order valence-electron chi connectivity index (χ3n) is 0. The van der Waals surface area contributed by atoms with Crippen LogP contribution in [-0.4, -0.2) is 21.6 Å². The van der Waals surface area contributed by atoms with Gasteiger partial charge in [0.15, 0.2) is 0 Å². The second kappa shape index (κ2) is 29.9. The van der Waals surface area contributed by atoms with Crippen molar-refractivity contribution in [2.24, 2.45) is 0 Å². The molecule has 43 valence electrons. The van der Waals surface area contributed by atoms with E-state index < -0.39 is 0 Å². The summed E-state index contributed by atoms with van der Waals surface area (Å²) in [5.41, 5.74) is 0. The molecule has 0 saturated carbocycles. The average Bonchev–Trinajstić information content (AvgIpc) is 0.918. The van der Waals surface area contributed by atoms with E-state index in [1.807, 2.05) is 0 Å². The standard InChI is InChI=1S/2CH3.3ClH.Sb/h2*1H3;3*1H;. The van der Waals surface area contributed by atoms with Gasteiger partial charge in [-0.2, -0.15) is 0 Å². The van der Waals surface area contributed by atoms with E-state index in [2.05, 4.69) is 9.74 Å². The van der Waals surface area contributed by atoms with Gasteiger partial charge in [0.2, 0.25) is 0 Å². The van der Waals surface area contributed by atoms with Crippen LogP contribution in [0.2, 0.25) is 9.74 Å². The molecule has 0 aliphatic rings. The molecule has 0 nitrogen and oxygen atoms in total. The Morgan fingerprint density at radius 1 is 0.833 bits per heavy atom. The maximum absolute atomic E-state index is 2.28. The van der Waals surface area contributed by atoms with E-state index in [9.17, 15) is 0 Å². The molecule has 0 saturated heterocycles. The Morgan fingerprint density at radius 3 is 0.833 bits per heavy atom. The van der Waals surface area contributed by atoms with Crippen molar-refractivity contribution in [2.45, 2.75) is 9.74 Å². The molecule has 0 amide bonds.